The molecule has 0 aromatic carbocycles. The number of carboxylic acid groups (broad SMARTS) is 1. The molecule has 0 atom stereocenters. The molecule has 0 saturated carbocycles. The monoisotopic (exact) mass is 261 g/mol. The lowest BCUT2D eigenvalue weighted by molar-refractivity contribution is -0.134. The van der Waals surface area contributed by atoms with Gasteiger partial charge in [0.1, 0.15) is 0 Å². The van der Waals surface area contributed by atoms with E-state index in [2.05, 4.69) is 0 Å². The molecule has 0 radical (unpaired) electrons. The molecule has 1 rings (SSSR count). The molecular weight excluding hydrogens is 246 g/mol. The fourth-order valence-electron chi connectivity index (χ4n) is 1.69. The number of hydrogen-bond donors (Lipinski definition) is 1. The number of piperazine rings is 1. The molecule has 0 aromatic heterocycles. The Bertz CT molecular complexity index is 406. The van der Waals surface area contributed by atoms with Crippen LogP contribution in [0.5, 0.6) is 0 Å². The Hall–Kier alpha value is -1.17. The van der Waals surface area contributed by atoms with Gasteiger partial charge in [0.25, 0.3) is 0 Å². The number of carboxylic acids is 1. The highest BCUT2D eigenvalue weighted by molar-refractivity contribution is 7.89. The molecule has 96 valence electrons. The molecule has 1 aliphatic heterocycles. The lowest BCUT2D eigenvalue weighted by Gasteiger charge is -2.33. The van der Waals surface area contributed by atoms with Gasteiger partial charge in [0.15, 0.2) is 5.75 Å². The average Bonchev–Trinajstić information content (AvgIpc) is 2.25. The van der Waals surface area contributed by atoms with E-state index in [4.69, 9.17) is 10.4 Å². The third kappa shape index (κ3) is 4.30. The van der Waals surface area contributed by atoms with Crippen molar-refractivity contribution < 1.29 is 18.3 Å². The van der Waals surface area contributed by atoms with Gasteiger partial charge in [-0.15, -0.1) is 0 Å². The SMILES string of the molecule is N#CCCN1CCN(S(=O)(=O)CC(=O)O)CC1. The first-order valence-electron chi connectivity index (χ1n) is 5.24. The Morgan fingerprint density at radius 3 is 2.35 bits per heavy atom. The van der Waals surface area contributed by atoms with E-state index in [9.17, 15) is 13.2 Å². The van der Waals surface area contributed by atoms with Gasteiger partial charge in [-0.25, -0.2) is 8.42 Å². The number of nitriles is 1. The summed E-state index contributed by atoms with van der Waals surface area (Å²) in [6.07, 6.45) is 0.419. The van der Waals surface area contributed by atoms with Gasteiger partial charge in [0, 0.05) is 39.1 Å². The number of hydrogen-bond acceptors (Lipinski definition) is 5. The maximum Gasteiger partial charge on any atom is 0.320 e. The highest BCUT2D eigenvalue weighted by Crippen LogP contribution is 2.08. The molecule has 0 aliphatic carbocycles. The van der Waals surface area contributed by atoms with Gasteiger partial charge < -0.3 is 5.11 Å². The van der Waals surface area contributed by atoms with Crippen molar-refractivity contribution in [1.82, 2.24) is 9.21 Å². The number of carbonyl (C=O) groups is 1. The maximum absolute atomic E-state index is 11.6. The zero-order valence-electron chi connectivity index (χ0n) is 9.37. The van der Waals surface area contributed by atoms with Crippen LogP contribution in [0.4, 0.5) is 0 Å². The van der Waals surface area contributed by atoms with E-state index < -0.39 is 21.7 Å². The largest absolute Gasteiger partial charge is 0.480 e. The summed E-state index contributed by atoms with van der Waals surface area (Å²) in [4.78, 5) is 12.4. The van der Waals surface area contributed by atoms with E-state index in [0.29, 0.717) is 39.1 Å². The van der Waals surface area contributed by atoms with Crippen molar-refractivity contribution >= 4 is 16.0 Å². The molecule has 17 heavy (non-hydrogen) atoms. The van der Waals surface area contributed by atoms with Crippen molar-refractivity contribution in [2.45, 2.75) is 6.42 Å². The predicted octanol–water partition coefficient (Wildman–Crippen LogP) is -1.07. The van der Waals surface area contributed by atoms with Crippen LogP contribution in [-0.2, 0) is 14.8 Å². The quantitative estimate of drug-likeness (QED) is 0.676. The van der Waals surface area contributed by atoms with E-state index in [-0.39, 0.29) is 0 Å². The third-order valence-electron chi connectivity index (χ3n) is 2.57. The van der Waals surface area contributed by atoms with Gasteiger partial charge in [0.2, 0.25) is 10.0 Å². The molecule has 0 aromatic rings. The second kappa shape index (κ2) is 5.95. The lowest BCUT2D eigenvalue weighted by Crippen LogP contribution is -2.49. The standard InChI is InChI=1S/C9H15N3O4S/c10-2-1-3-11-4-6-12(7-5-11)17(15,16)8-9(13)14/h1,3-8H2,(H,13,14). The van der Waals surface area contributed by atoms with E-state index in [0.717, 1.165) is 0 Å². The number of rotatable bonds is 5. The van der Waals surface area contributed by atoms with E-state index in [1.54, 1.807) is 0 Å². The summed E-state index contributed by atoms with van der Waals surface area (Å²) in [6, 6.07) is 2.03. The minimum Gasteiger partial charge on any atom is -0.480 e. The lowest BCUT2D eigenvalue weighted by atomic mass is 10.3. The normalized spacial score (nSPS) is 18.8. The Morgan fingerprint density at radius 2 is 1.88 bits per heavy atom. The maximum atomic E-state index is 11.6. The number of sulfonamides is 1. The summed E-state index contributed by atoms with van der Waals surface area (Å²) >= 11 is 0. The Balaban J connectivity index is 2.47. The highest BCUT2D eigenvalue weighted by Gasteiger charge is 2.28. The first-order chi connectivity index (χ1) is 7.95. The van der Waals surface area contributed by atoms with Gasteiger partial charge >= 0.3 is 5.97 Å². The molecule has 8 heteroatoms. The van der Waals surface area contributed by atoms with Crippen molar-refractivity contribution in [3.63, 3.8) is 0 Å². The number of aliphatic carboxylic acids is 1. The van der Waals surface area contributed by atoms with Gasteiger partial charge in [-0.1, -0.05) is 0 Å². The highest BCUT2D eigenvalue weighted by atomic mass is 32.2. The molecule has 1 aliphatic rings. The topological polar surface area (TPSA) is 102 Å². The predicted molar refractivity (Wildman–Crippen MR) is 59.7 cm³/mol. The van der Waals surface area contributed by atoms with Gasteiger partial charge in [-0.2, -0.15) is 9.57 Å². The van der Waals surface area contributed by atoms with Crippen LogP contribution < -0.4 is 0 Å². The number of nitrogens with zero attached hydrogens (tertiary/aromatic N) is 3. The van der Waals surface area contributed by atoms with Crippen molar-refractivity contribution in [1.29, 1.82) is 5.26 Å². The van der Waals surface area contributed by atoms with Gasteiger partial charge in [-0.3, -0.25) is 9.69 Å². The van der Waals surface area contributed by atoms with Gasteiger partial charge in [-0.05, 0) is 0 Å². The first kappa shape index (κ1) is 13.9. The third-order valence-corrected chi connectivity index (χ3v) is 4.33. The first-order valence-corrected chi connectivity index (χ1v) is 6.85. The van der Waals surface area contributed by atoms with Crippen LogP contribution >= 0.6 is 0 Å². The molecular formula is C9H15N3O4S. The molecule has 1 saturated heterocycles. The van der Waals surface area contributed by atoms with Crippen LogP contribution in [0.1, 0.15) is 6.42 Å². The summed E-state index contributed by atoms with van der Waals surface area (Å²) in [5.41, 5.74) is 0. The van der Waals surface area contributed by atoms with Crippen molar-refractivity contribution in [2.24, 2.45) is 0 Å². The molecule has 1 fully saturated rings. The zero-order valence-corrected chi connectivity index (χ0v) is 10.2. The summed E-state index contributed by atoms with van der Waals surface area (Å²) < 4.78 is 24.4. The molecule has 1 heterocycles. The molecule has 0 bridgehead atoms. The van der Waals surface area contributed by atoms with Crippen LogP contribution in [0.25, 0.3) is 0 Å². The van der Waals surface area contributed by atoms with Crippen LogP contribution in [0.2, 0.25) is 0 Å². The van der Waals surface area contributed by atoms with E-state index in [1.165, 1.54) is 4.31 Å². The van der Waals surface area contributed by atoms with Gasteiger partial charge in [0.05, 0.1) is 6.07 Å². The van der Waals surface area contributed by atoms with Crippen LogP contribution in [0.3, 0.4) is 0 Å². The van der Waals surface area contributed by atoms with Crippen LogP contribution in [0, 0.1) is 11.3 Å². The molecule has 0 unspecified atom stereocenters. The van der Waals surface area contributed by atoms with E-state index >= 15 is 0 Å². The zero-order chi connectivity index (χ0) is 12.9. The van der Waals surface area contributed by atoms with Crippen molar-refractivity contribution in [2.75, 3.05) is 38.5 Å². The summed E-state index contributed by atoms with van der Waals surface area (Å²) in [5.74, 6) is -2.19. The Labute approximate surface area is 100 Å². The second-order valence-electron chi connectivity index (χ2n) is 3.80. The summed E-state index contributed by atoms with van der Waals surface area (Å²) in [6.45, 7) is 2.30. The van der Waals surface area contributed by atoms with Crippen molar-refractivity contribution in [3.8, 4) is 6.07 Å². The minimum absolute atomic E-state index is 0.293. The fourth-order valence-corrected chi connectivity index (χ4v) is 2.90. The Kier molecular flexibility index (Phi) is 4.86. The second-order valence-corrected chi connectivity index (χ2v) is 5.77. The molecule has 1 N–H and O–H groups in total. The summed E-state index contributed by atoms with van der Waals surface area (Å²) in [5, 5.41) is 16.9. The summed E-state index contributed by atoms with van der Waals surface area (Å²) in [7, 11) is -3.68. The Morgan fingerprint density at radius 1 is 1.29 bits per heavy atom. The smallest absolute Gasteiger partial charge is 0.320 e. The molecule has 0 amide bonds. The van der Waals surface area contributed by atoms with Crippen molar-refractivity contribution in [3.05, 3.63) is 0 Å². The van der Waals surface area contributed by atoms with Crippen LogP contribution in [-0.4, -0.2) is 67.2 Å². The molecule has 7 nitrogen and oxygen atoms in total. The average molecular weight is 261 g/mol. The minimum atomic E-state index is -3.68. The fraction of sp³-hybridized carbons (Fsp3) is 0.778. The van der Waals surface area contributed by atoms with Crippen LogP contribution in [0.15, 0.2) is 0 Å². The molecule has 0 spiro atoms. The van der Waals surface area contributed by atoms with E-state index in [1.807, 2.05) is 11.0 Å².